The maximum Gasteiger partial charge on any atom is 0.416 e. The number of rotatable bonds is 6. The summed E-state index contributed by atoms with van der Waals surface area (Å²) < 4.78 is 80.9. The number of halogens is 6. The Bertz CT molecular complexity index is 851. The second-order valence-electron chi connectivity index (χ2n) is 6.23. The van der Waals surface area contributed by atoms with Crippen LogP contribution in [0.4, 0.5) is 37.7 Å². The van der Waals surface area contributed by atoms with Gasteiger partial charge >= 0.3 is 12.4 Å². The summed E-state index contributed by atoms with van der Waals surface area (Å²) in [6.07, 6.45) is -8.76. The molecule has 0 saturated carbocycles. The summed E-state index contributed by atoms with van der Waals surface area (Å²) in [5.41, 5.74) is -0.423. The van der Waals surface area contributed by atoms with E-state index in [-0.39, 0.29) is 13.1 Å². The highest BCUT2D eigenvalue weighted by Gasteiger charge is 2.30. The van der Waals surface area contributed by atoms with Crippen LogP contribution in [0.15, 0.2) is 65.1 Å². The second kappa shape index (κ2) is 8.10. The van der Waals surface area contributed by atoms with Gasteiger partial charge in [0.25, 0.3) is 0 Å². The zero-order valence-electron chi connectivity index (χ0n) is 14.9. The van der Waals surface area contributed by atoms with Crippen LogP contribution < -0.4 is 10.6 Å². The van der Waals surface area contributed by atoms with Crippen molar-refractivity contribution in [3.63, 3.8) is 0 Å². The predicted molar refractivity (Wildman–Crippen MR) is 96.2 cm³/mol. The van der Waals surface area contributed by atoms with Crippen molar-refractivity contribution in [3.8, 4) is 0 Å². The Balaban J connectivity index is 1.50. The topological polar surface area (TPSA) is 37.2 Å². The highest BCUT2D eigenvalue weighted by molar-refractivity contribution is 5.46. The van der Waals surface area contributed by atoms with Crippen LogP contribution in [-0.2, 0) is 25.4 Å². The number of hydrogen-bond donors (Lipinski definition) is 2. The molecule has 0 spiro atoms. The van der Waals surface area contributed by atoms with Gasteiger partial charge in [0, 0.05) is 11.4 Å². The second-order valence-corrected chi connectivity index (χ2v) is 6.23. The number of furan rings is 1. The number of nitrogens with one attached hydrogen (secondary N) is 2. The molecular weight excluding hydrogens is 398 g/mol. The van der Waals surface area contributed by atoms with Crippen molar-refractivity contribution in [3.05, 3.63) is 83.3 Å². The van der Waals surface area contributed by atoms with Crippen LogP contribution in [0.25, 0.3) is 0 Å². The molecule has 9 heteroatoms. The van der Waals surface area contributed by atoms with E-state index in [0.717, 1.165) is 24.3 Å². The zero-order chi connectivity index (χ0) is 21.1. The monoisotopic (exact) mass is 414 g/mol. The van der Waals surface area contributed by atoms with Gasteiger partial charge in [0.05, 0.1) is 24.2 Å². The fourth-order valence-corrected chi connectivity index (χ4v) is 2.54. The Morgan fingerprint density at radius 3 is 1.21 bits per heavy atom. The van der Waals surface area contributed by atoms with Gasteiger partial charge in [0.1, 0.15) is 11.5 Å². The molecule has 1 heterocycles. The lowest BCUT2D eigenvalue weighted by Gasteiger charge is -2.09. The normalized spacial score (nSPS) is 12.1. The van der Waals surface area contributed by atoms with Gasteiger partial charge in [0.2, 0.25) is 0 Å². The Labute approximate surface area is 162 Å². The van der Waals surface area contributed by atoms with E-state index in [9.17, 15) is 26.3 Å². The highest BCUT2D eigenvalue weighted by Crippen LogP contribution is 2.31. The van der Waals surface area contributed by atoms with Crippen LogP contribution in [0.1, 0.15) is 22.6 Å². The Morgan fingerprint density at radius 1 is 0.552 bits per heavy atom. The van der Waals surface area contributed by atoms with Gasteiger partial charge in [-0.05, 0) is 60.7 Å². The standard InChI is InChI=1S/C20H16F6N2O/c21-19(22,23)13-1-5-15(6-2-13)27-11-17-9-10-18(29-17)12-28-16-7-3-14(4-8-16)20(24,25)26/h1-10,27-28H,11-12H2. The molecule has 0 amide bonds. The third-order valence-corrected chi connectivity index (χ3v) is 4.08. The molecule has 3 aromatic rings. The van der Waals surface area contributed by atoms with Crippen LogP contribution in [-0.4, -0.2) is 0 Å². The third-order valence-electron chi connectivity index (χ3n) is 4.08. The first-order valence-electron chi connectivity index (χ1n) is 8.51. The SMILES string of the molecule is FC(F)(F)c1ccc(NCc2ccc(CNc3ccc(C(F)(F)F)cc3)o2)cc1. The largest absolute Gasteiger partial charge is 0.462 e. The quantitative estimate of drug-likeness (QED) is 0.450. The van der Waals surface area contributed by atoms with E-state index >= 15 is 0 Å². The molecule has 0 aliphatic heterocycles. The molecule has 0 aliphatic rings. The first-order valence-corrected chi connectivity index (χ1v) is 8.51. The molecule has 2 N–H and O–H groups in total. The van der Waals surface area contributed by atoms with Crippen molar-refractivity contribution in [1.29, 1.82) is 0 Å². The molecule has 154 valence electrons. The molecule has 0 aliphatic carbocycles. The van der Waals surface area contributed by atoms with Crippen molar-refractivity contribution >= 4 is 11.4 Å². The maximum atomic E-state index is 12.5. The molecule has 0 atom stereocenters. The van der Waals surface area contributed by atoms with E-state index in [0.29, 0.717) is 22.9 Å². The molecule has 3 nitrogen and oxygen atoms in total. The lowest BCUT2D eigenvalue weighted by molar-refractivity contribution is -0.138. The molecule has 2 aromatic carbocycles. The van der Waals surface area contributed by atoms with E-state index in [2.05, 4.69) is 10.6 Å². The fourth-order valence-electron chi connectivity index (χ4n) is 2.54. The minimum absolute atomic E-state index is 0.269. The smallest absolute Gasteiger partial charge is 0.416 e. The van der Waals surface area contributed by atoms with Gasteiger partial charge in [0.15, 0.2) is 0 Å². The Kier molecular flexibility index (Phi) is 5.76. The first-order chi connectivity index (χ1) is 13.6. The van der Waals surface area contributed by atoms with Gasteiger partial charge in [-0.3, -0.25) is 0 Å². The van der Waals surface area contributed by atoms with Gasteiger partial charge in [-0.25, -0.2) is 0 Å². The molecule has 0 saturated heterocycles. The predicted octanol–water partition coefficient (Wildman–Crippen LogP) is 6.54. The van der Waals surface area contributed by atoms with E-state index in [1.165, 1.54) is 24.3 Å². The zero-order valence-corrected chi connectivity index (χ0v) is 14.9. The van der Waals surface area contributed by atoms with E-state index in [4.69, 9.17) is 4.42 Å². The molecule has 0 unspecified atom stereocenters. The Morgan fingerprint density at radius 2 is 0.897 bits per heavy atom. The summed E-state index contributed by atoms with van der Waals surface area (Å²) in [6, 6.07) is 12.7. The van der Waals surface area contributed by atoms with Crippen molar-refractivity contribution in [2.75, 3.05) is 10.6 Å². The molecule has 0 fully saturated rings. The minimum atomic E-state index is -4.38. The molecule has 3 rings (SSSR count). The van der Waals surface area contributed by atoms with Gasteiger partial charge < -0.3 is 15.1 Å². The van der Waals surface area contributed by atoms with Crippen molar-refractivity contribution in [2.24, 2.45) is 0 Å². The van der Waals surface area contributed by atoms with E-state index in [1.54, 1.807) is 12.1 Å². The molecule has 1 aromatic heterocycles. The van der Waals surface area contributed by atoms with Crippen LogP contribution >= 0.6 is 0 Å². The Hall–Kier alpha value is -3.10. The lowest BCUT2D eigenvalue weighted by Crippen LogP contribution is -2.05. The lowest BCUT2D eigenvalue weighted by atomic mass is 10.2. The van der Waals surface area contributed by atoms with E-state index in [1.807, 2.05) is 0 Å². The summed E-state index contributed by atoms with van der Waals surface area (Å²) in [7, 11) is 0. The van der Waals surface area contributed by atoms with Gasteiger partial charge in [-0.15, -0.1) is 0 Å². The van der Waals surface area contributed by atoms with Crippen LogP contribution in [0.3, 0.4) is 0 Å². The minimum Gasteiger partial charge on any atom is -0.462 e. The molecule has 29 heavy (non-hydrogen) atoms. The van der Waals surface area contributed by atoms with Crippen molar-refractivity contribution in [2.45, 2.75) is 25.4 Å². The van der Waals surface area contributed by atoms with Crippen LogP contribution in [0.2, 0.25) is 0 Å². The van der Waals surface area contributed by atoms with Gasteiger partial charge in [-0.1, -0.05) is 0 Å². The number of anilines is 2. The van der Waals surface area contributed by atoms with Crippen molar-refractivity contribution < 1.29 is 30.8 Å². The summed E-state index contributed by atoms with van der Waals surface area (Å²) in [5, 5.41) is 5.92. The highest BCUT2D eigenvalue weighted by atomic mass is 19.4. The summed E-state index contributed by atoms with van der Waals surface area (Å²) >= 11 is 0. The summed E-state index contributed by atoms with van der Waals surface area (Å²) in [6.45, 7) is 0.539. The van der Waals surface area contributed by atoms with Crippen molar-refractivity contribution in [1.82, 2.24) is 0 Å². The average molecular weight is 414 g/mol. The maximum absolute atomic E-state index is 12.5. The number of hydrogen-bond acceptors (Lipinski definition) is 3. The summed E-state index contributed by atoms with van der Waals surface area (Å²) in [4.78, 5) is 0. The first kappa shape index (κ1) is 20.6. The number of benzene rings is 2. The van der Waals surface area contributed by atoms with Crippen LogP contribution in [0, 0.1) is 0 Å². The third kappa shape index (κ3) is 5.69. The van der Waals surface area contributed by atoms with E-state index < -0.39 is 23.5 Å². The van der Waals surface area contributed by atoms with Crippen LogP contribution in [0.5, 0.6) is 0 Å². The molecule has 0 bridgehead atoms. The van der Waals surface area contributed by atoms with Gasteiger partial charge in [-0.2, -0.15) is 26.3 Å². The fraction of sp³-hybridized carbons (Fsp3) is 0.200. The molecule has 0 radical (unpaired) electrons. The molecular formula is C20H16F6N2O. The number of alkyl halides is 6. The average Bonchev–Trinajstić information content (AvgIpc) is 3.12. The summed E-state index contributed by atoms with van der Waals surface area (Å²) in [5.74, 6) is 1.13.